The smallest absolute Gasteiger partial charge is 0.273 e. The van der Waals surface area contributed by atoms with E-state index in [0.717, 1.165) is 23.1 Å². The van der Waals surface area contributed by atoms with Gasteiger partial charge in [-0.2, -0.15) is 0 Å². The number of hydrogen-bond donors (Lipinski definition) is 2. The highest BCUT2D eigenvalue weighted by molar-refractivity contribution is 7.99. The molecular formula is C19H21N5O2S2. The van der Waals surface area contributed by atoms with Crippen molar-refractivity contribution in [1.29, 1.82) is 0 Å². The molecule has 0 bridgehead atoms. The zero-order valence-electron chi connectivity index (χ0n) is 15.9. The molecule has 28 heavy (non-hydrogen) atoms. The summed E-state index contributed by atoms with van der Waals surface area (Å²) in [6.07, 6.45) is 2.56. The van der Waals surface area contributed by atoms with Gasteiger partial charge < -0.3 is 5.32 Å². The van der Waals surface area contributed by atoms with Crippen LogP contribution < -0.4 is 10.9 Å². The Labute approximate surface area is 171 Å². The second-order valence-corrected chi connectivity index (χ2v) is 8.67. The average molecular weight is 416 g/mol. The van der Waals surface area contributed by atoms with Crippen molar-refractivity contribution in [3.05, 3.63) is 62.5 Å². The summed E-state index contributed by atoms with van der Waals surface area (Å²) in [5, 5.41) is 11.2. The van der Waals surface area contributed by atoms with Crippen molar-refractivity contribution in [2.45, 2.75) is 38.3 Å². The Hall–Kier alpha value is -2.52. The molecule has 0 spiro atoms. The molecule has 2 aromatic heterocycles. The molecule has 7 nitrogen and oxygen atoms in total. The van der Waals surface area contributed by atoms with Crippen LogP contribution in [0.1, 0.15) is 41.5 Å². The van der Waals surface area contributed by atoms with Crippen LogP contribution in [0, 0.1) is 6.92 Å². The third-order valence-electron chi connectivity index (χ3n) is 4.00. The summed E-state index contributed by atoms with van der Waals surface area (Å²) in [5.41, 5.74) is 2.52. The number of aryl methyl sites for hydroxylation is 1. The minimum atomic E-state index is -0.302. The summed E-state index contributed by atoms with van der Waals surface area (Å²) in [6.45, 7) is 5.93. The van der Waals surface area contributed by atoms with Gasteiger partial charge in [0.05, 0.1) is 5.75 Å². The first-order valence-electron chi connectivity index (χ1n) is 8.80. The number of aromatic nitrogens is 4. The predicted octanol–water partition coefficient (Wildman–Crippen LogP) is 3.37. The van der Waals surface area contributed by atoms with E-state index in [-0.39, 0.29) is 17.2 Å². The topological polar surface area (TPSA) is 101 Å². The van der Waals surface area contributed by atoms with Crippen LogP contribution in [0.4, 0.5) is 5.13 Å². The molecule has 2 N–H and O–H groups in total. The molecule has 3 rings (SSSR count). The SMILES string of the molecule is Cc1nnc(SCC(=O)Nc2ncc(Cc3ccc(C(C)C)cc3)s2)[nH]c1=O. The Morgan fingerprint density at radius 2 is 2.00 bits per heavy atom. The molecule has 0 unspecified atom stereocenters. The van der Waals surface area contributed by atoms with Gasteiger partial charge in [0.25, 0.3) is 5.56 Å². The third-order valence-corrected chi connectivity index (χ3v) is 5.78. The Bertz CT molecular complexity index is 1010. The van der Waals surface area contributed by atoms with E-state index in [4.69, 9.17) is 0 Å². The van der Waals surface area contributed by atoms with Crippen LogP contribution in [0.5, 0.6) is 0 Å². The molecule has 0 fully saturated rings. The Balaban J connectivity index is 1.52. The second kappa shape index (κ2) is 9.11. The molecule has 0 aliphatic carbocycles. The largest absolute Gasteiger partial charge is 0.301 e. The molecule has 1 aromatic carbocycles. The van der Waals surface area contributed by atoms with Crippen LogP contribution in [-0.2, 0) is 11.2 Å². The normalized spacial score (nSPS) is 11.0. The van der Waals surface area contributed by atoms with Gasteiger partial charge in [0.2, 0.25) is 5.91 Å². The van der Waals surface area contributed by atoms with E-state index in [0.29, 0.717) is 21.9 Å². The molecule has 2 heterocycles. The van der Waals surface area contributed by atoms with E-state index in [2.05, 4.69) is 63.6 Å². The van der Waals surface area contributed by atoms with E-state index in [1.54, 1.807) is 13.1 Å². The maximum atomic E-state index is 12.1. The summed E-state index contributed by atoms with van der Waals surface area (Å²) in [7, 11) is 0. The zero-order chi connectivity index (χ0) is 20.1. The fourth-order valence-electron chi connectivity index (χ4n) is 2.40. The number of thiazole rings is 1. The van der Waals surface area contributed by atoms with E-state index in [1.165, 1.54) is 22.5 Å². The third kappa shape index (κ3) is 5.49. The van der Waals surface area contributed by atoms with Gasteiger partial charge in [-0.25, -0.2) is 4.98 Å². The molecule has 146 valence electrons. The van der Waals surface area contributed by atoms with Crippen molar-refractivity contribution in [2.75, 3.05) is 11.1 Å². The number of benzene rings is 1. The monoisotopic (exact) mass is 415 g/mol. The van der Waals surface area contributed by atoms with Gasteiger partial charge in [-0.3, -0.25) is 14.6 Å². The van der Waals surface area contributed by atoms with Crippen LogP contribution in [0.15, 0.2) is 40.4 Å². The molecule has 0 radical (unpaired) electrons. The van der Waals surface area contributed by atoms with Gasteiger partial charge >= 0.3 is 0 Å². The van der Waals surface area contributed by atoms with Crippen LogP contribution >= 0.6 is 23.1 Å². The van der Waals surface area contributed by atoms with Crippen molar-refractivity contribution in [2.24, 2.45) is 0 Å². The molecule has 1 amide bonds. The first kappa shape index (κ1) is 20.2. The highest BCUT2D eigenvalue weighted by atomic mass is 32.2. The minimum Gasteiger partial charge on any atom is -0.301 e. The number of thioether (sulfide) groups is 1. The van der Waals surface area contributed by atoms with Crippen molar-refractivity contribution in [1.82, 2.24) is 20.2 Å². The maximum absolute atomic E-state index is 12.1. The lowest BCUT2D eigenvalue weighted by Crippen LogP contribution is -2.17. The van der Waals surface area contributed by atoms with Gasteiger partial charge in [-0.05, 0) is 24.0 Å². The van der Waals surface area contributed by atoms with Gasteiger partial charge in [-0.1, -0.05) is 49.9 Å². The number of carbonyl (C=O) groups excluding carboxylic acids is 1. The molecule has 0 aliphatic rings. The molecule has 3 aromatic rings. The lowest BCUT2D eigenvalue weighted by Gasteiger charge is -2.06. The fourth-order valence-corrected chi connectivity index (χ4v) is 3.87. The molecule has 0 saturated carbocycles. The van der Waals surface area contributed by atoms with E-state index >= 15 is 0 Å². The van der Waals surface area contributed by atoms with Gasteiger partial charge in [0.15, 0.2) is 10.3 Å². The minimum absolute atomic E-state index is 0.110. The summed E-state index contributed by atoms with van der Waals surface area (Å²) in [6, 6.07) is 8.57. The summed E-state index contributed by atoms with van der Waals surface area (Å²) < 4.78 is 0. The van der Waals surface area contributed by atoms with Crippen LogP contribution in [0.2, 0.25) is 0 Å². The quantitative estimate of drug-likeness (QED) is 0.574. The summed E-state index contributed by atoms with van der Waals surface area (Å²) in [5.74, 6) is 0.412. The standard InChI is InChI=1S/C19H21N5O2S2/c1-11(2)14-6-4-13(5-7-14)8-15-9-20-18(28-15)21-16(25)10-27-19-22-17(26)12(3)23-24-19/h4-7,9,11H,8,10H2,1-3H3,(H,20,21,25)(H,22,24,26). The second-order valence-electron chi connectivity index (χ2n) is 6.59. The van der Waals surface area contributed by atoms with E-state index in [9.17, 15) is 9.59 Å². The van der Waals surface area contributed by atoms with Crippen LogP contribution in [0.3, 0.4) is 0 Å². The Morgan fingerprint density at radius 1 is 1.25 bits per heavy atom. The Morgan fingerprint density at radius 3 is 2.68 bits per heavy atom. The van der Waals surface area contributed by atoms with E-state index in [1.807, 2.05) is 0 Å². The van der Waals surface area contributed by atoms with Gasteiger partial charge in [0, 0.05) is 17.5 Å². The molecule has 0 aliphatic heterocycles. The lowest BCUT2D eigenvalue weighted by atomic mass is 10.0. The number of anilines is 1. The first-order valence-corrected chi connectivity index (χ1v) is 10.6. The van der Waals surface area contributed by atoms with E-state index < -0.39 is 0 Å². The van der Waals surface area contributed by atoms with Gasteiger partial charge in [0.1, 0.15) is 5.69 Å². The zero-order valence-corrected chi connectivity index (χ0v) is 17.5. The predicted molar refractivity (Wildman–Crippen MR) is 112 cm³/mol. The van der Waals surface area contributed by atoms with Gasteiger partial charge in [-0.15, -0.1) is 21.5 Å². The van der Waals surface area contributed by atoms with Crippen LogP contribution in [-0.4, -0.2) is 31.8 Å². The number of nitrogens with one attached hydrogen (secondary N) is 2. The fraction of sp³-hybridized carbons (Fsp3) is 0.316. The molecule has 0 saturated heterocycles. The van der Waals surface area contributed by atoms with Crippen molar-refractivity contribution in [3.8, 4) is 0 Å². The number of aromatic amines is 1. The van der Waals surface area contributed by atoms with Crippen molar-refractivity contribution < 1.29 is 4.79 Å². The molecule has 9 heteroatoms. The highest BCUT2D eigenvalue weighted by Gasteiger charge is 2.10. The summed E-state index contributed by atoms with van der Waals surface area (Å²) in [4.78, 5) is 31.5. The highest BCUT2D eigenvalue weighted by Crippen LogP contribution is 2.23. The lowest BCUT2D eigenvalue weighted by molar-refractivity contribution is -0.113. The van der Waals surface area contributed by atoms with Crippen LogP contribution in [0.25, 0.3) is 0 Å². The number of H-pyrrole nitrogens is 1. The first-order chi connectivity index (χ1) is 13.4. The molecular weight excluding hydrogens is 394 g/mol. The average Bonchev–Trinajstić information content (AvgIpc) is 3.10. The summed E-state index contributed by atoms with van der Waals surface area (Å²) >= 11 is 2.57. The molecule has 0 atom stereocenters. The number of nitrogens with zero attached hydrogens (tertiary/aromatic N) is 3. The number of amides is 1. The number of rotatable bonds is 7. The van der Waals surface area contributed by atoms with Crippen molar-refractivity contribution in [3.63, 3.8) is 0 Å². The Kier molecular flexibility index (Phi) is 6.58. The number of hydrogen-bond acceptors (Lipinski definition) is 7. The van der Waals surface area contributed by atoms with Crippen molar-refractivity contribution >= 4 is 34.1 Å². The number of carbonyl (C=O) groups is 1. The maximum Gasteiger partial charge on any atom is 0.273 e.